The first-order chi connectivity index (χ1) is 10.7. The minimum Gasteiger partial charge on any atom is -0.313 e. The monoisotopic (exact) mass is 296 g/mol. The third kappa shape index (κ3) is 6.42. The highest BCUT2D eigenvalue weighted by molar-refractivity contribution is 5.16. The van der Waals surface area contributed by atoms with Crippen molar-refractivity contribution in [1.82, 2.24) is 10.6 Å². The molecule has 0 saturated carbocycles. The lowest BCUT2D eigenvalue weighted by Gasteiger charge is -2.17. The second kappa shape index (κ2) is 9.39. The molecular formula is C20H28N2. The zero-order chi connectivity index (χ0) is 15.6. The Morgan fingerprint density at radius 1 is 0.636 bits per heavy atom. The molecule has 0 radical (unpaired) electrons. The van der Waals surface area contributed by atoms with E-state index in [0.717, 1.165) is 25.9 Å². The maximum absolute atomic E-state index is 3.59. The van der Waals surface area contributed by atoms with Crippen LogP contribution in [0.4, 0.5) is 0 Å². The van der Waals surface area contributed by atoms with Gasteiger partial charge in [-0.25, -0.2) is 0 Å². The quantitative estimate of drug-likeness (QED) is 0.693. The molecule has 2 heteroatoms. The summed E-state index contributed by atoms with van der Waals surface area (Å²) in [5.74, 6) is 0. The molecule has 0 spiro atoms. The highest BCUT2D eigenvalue weighted by Crippen LogP contribution is 2.03. The third-order valence-corrected chi connectivity index (χ3v) is 3.88. The Kier molecular flexibility index (Phi) is 7.14. The van der Waals surface area contributed by atoms with Crippen LogP contribution in [0.15, 0.2) is 60.7 Å². The molecule has 0 heterocycles. The fourth-order valence-electron chi connectivity index (χ4n) is 2.72. The van der Waals surface area contributed by atoms with Crippen molar-refractivity contribution >= 4 is 0 Å². The lowest BCUT2D eigenvalue weighted by molar-refractivity contribution is 0.490. The van der Waals surface area contributed by atoms with Crippen molar-refractivity contribution in [2.75, 3.05) is 13.1 Å². The van der Waals surface area contributed by atoms with E-state index in [4.69, 9.17) is 0 Å². The first kappa shape index (κ1) is 16.7. The first-order valence-electron chi connectivity index (χ1n) is 8.28. The topological polar surface area (TPSA) is 24.1 Å². The molecule has 0 aromatic heterocycles. The Bertz CT molecular complexity index is 460. The van der Waals surface area contributed by atoms with Crippen LogP contribution < -0.4 is 10.6 Å². The Morgan fingerprint density at radius 3 is 1.36 bits per heavy atom. The molecule has 2 rings (SSSR count). The summed E-state index contributed by atoms with van der Waals surface area (Å²) in [7, 11) is 0. The number of nitrogens with one attached hydrogen (secondary N) is 2. The zero-order valence-electron chi connectivity index (χ0n) is 13.8. The van der Waals surface area contributed by atoms with Crippen molar-refractivity contribution in [2.45, 2.75) is 38.8 Å². The fourth-order valence-corrected chi connectivity index (χ4v) is 2.72. The smallest absolute Gasteiger partial charge is 0.00796 e. The molecule has 118 valence electrons. The molecule has 2 N–H and O–H groups in total. The summed E-state index contributed by atoms with van der Waals surface area (Å²) in [6.07, 6.45) is 2.17. The molecule has 2 aromatic rings. The Morgan fingerprint density at radius 2 is 1.00 bits per heavy atom. The van der Waals surface area contributed by atoms with E-state index in [1.165, 1.54) is 11.1 Å². The lowest BCUT2D eigenvalue weighted by atomic mass is 10.1. The maximum Gasteiger partial charge on any atom is 0.00796 e. The lowest BCUT2D eigenvalue weighted by Crippen LogP contribution is -2.38. The molecule has 0 amide bonds. The van der Waals surface area contributed by atoms with Crippen LogP contribution in [-0.2, 0) is 12.8 Å². The van der Waals surface area contributed by atoms with Crippen molar-refractivity contribution in [3.63, 3.8) is 0 Å². The van der Waals surface area contributed by atoms with E-state index in [2.05, 4.69) is 85.1 Å². The highest BCUT2D eigenvalue weighted by atomic mass is 15.0. The Balaban J connectivity index is 1.58. The van der Waals surface area contributed by atoms with Crippen molar-refractivity contribution in [1.29, 1.82) is 0 Å². The minimum atomic E-state index is 0.508. The van der Waals surface area contributed by atoms with Gasteiger partial charge in [-0.3, -0.25) is 0 Å². The van der Waals surface area contributed by atoms with Crippen LogP contribution in [0.25, 0.3) is 0 Å². The Labute approximate surface area is 135 Å². The molecule has 2 aromatic carbocycles. The van der Waals surface area contributed by atoms with Crippen LogP contribution in [0.3, 0.4) is 0 Å². The third-order valence-electron chi connectivity index (χ3n) is 3.88. The summed E-state index contributed by atoms with van der Waals surface area (Å²) in [5, 5.41) is 7.18. The molecule has 0 saturated heterocycles. The van der Waals surface area contributed by atoms with Gasteiger partial charge in [0.15, 0.2) is 0 Å². The summed E-state index contributed by atoms with van der Waals surface area (Å²) in [5.41, 5.74) is 2.79. The minimum absolute atomic E-state index is 0.508. The number of hydrogen-bond donors (Lipinski definition) is 2. The van der Waals surface area contributed by atoms with Gasteiger partial charge in [0.1, 0.15) is 0 Å². The number of benzene rings is 2. The van der Waals surface area contributed by atoms with Crippen molar-refractivity contribution in [3.05, 3.63) is 71.8 Å². The standard InChI is InChI=1S/C20H28N2/c1-17(15-19-9-5-3-6-10-19)21-13-14-22-18(2)16-20-11-7-4-8-12-20/h3-12,17-18,21-22H,13-16H2,1-2H3/t17-,18-/m0/s1. The van der Waals surface area contributed by atoms with Gasteiger partial charge in [-0.05, 0) is 37.8 Å². The molecule has 2 atom stereocenters. The summed E-state index contributed by atoms with van der Waals surface area (Å²) in [6.45, 7) is 6.51. The average molecular weight is 296 g/mol. The van der Waals surface area contributed by atoms with Gasteiger partial charge in [-0.15, -0.1) is 0 Å². The molecule has 22 heavy (non-hydrogen) atoms. The molecule has 0 aliphatic carbocycles. The van der Waals surface area contributed by atoms with Gasteiger partial charge in [0.25, 0.3) is 0 Å². The van der Waals surface area contributed by atoms with E-state index in [1.54, 1.807) is 0 Å². The summed E-state index contributed by atoms with van der Waals surface area (Å²) >= 11 is 0. The zero-order valence-corrected chi connectivity index (χ0v) is 13.8. The van der Waals surface area contributed by atoms with E-state index < -0.39 is 0 Å². The van der Waals surface area contributed by atoms with Gasteiger partial charge in [-0.1, -0.05) is 60.7 Å². The predicted octanol–water partition coefficient (Wildman–Crippen LogP) is 3.43. The van der Waals surface area contributed by atoms with Crippen LogP contribution in [0.2, 0.25) is 0 Å². The summed E-state index contributed by atoms with van der Waals surface area (Å²) < 4.78 is 0. The van der Waals surface area contributed by atoms with Gasteiger partial charge in [0.05, 0.1) is 0 Å². The fraction of sp³-hybridized carbons (Fsp3) is 0.400. The summed E-state index contributed by atoms with van der Waals surface area (Å²) in [4.78, 5) is 0. The molecule has 0 bridgehead atoms. The van der Waals surface area contributed by atoms with E-state index in [0.29, 0.717) is 12.1 Å². The van der Waals surface area contributed by atoms with Crippen LogP contribution in [0, 0.1) is 0 Å². The summed E-state index contributed by atoms with van der Waals surface area (Å²) in [6, 6.07) is 22.3. The largest absolute Gasteiger partial charge is 0.313 e. The van der Waals surface area contributed by atoms with Gasteiger partial charge in [-0.2, -0.15) is 0 Å². The van der Waals surface area contributed by atoms with Gasteiger partial charge in [0.2, 0.25) is 0 Å². The molecule has 0 aliphatic heterocycles. The molecule has 0 aliphatic rings. The van der Waals surface area contributed by atoms with Crippen molar-refractivity contribution in [2.24, 2.45) is 0 Å². The van der Waals surface area contributed by atoms with Crippen molar-refractivity contribution in [3.8, 4) is 0 Å². The van der Waals surface area contributed by atoms with Crippen molar-refractivity contribution < 1.29 is 0 Å². The number of rotatable bonds is 9. The van der Waals surface area contributed by atoms with Gasteiger partial charge in [0, 0.05) is 25.2 Å². The highest BCUT2D eigenvalue weighted by Gasteiger charge is 2.04. The predicted molar refractivity (Wildman–Crippen MR) is 95.2 cm³/mol. The first-order valence-corrected chi connectivity index (χ1v) is 8.28. The molecule has 0 fully saturated rings. The van der Waals surface area contributed by atoms with E-state index >= 15 is 0 Å². The molecular weight excluding hydrogens is 268 g/mol. The maximum atomic E-state index is 3.59. The van der Waals surface area contributed by atoms with Crippen LogP contribution in [0.1, 0.15) is 25.0 Å². The SMILES string of the molecule is C[C@@H](Cc1ccccc1)NCCN[C@@H](C)Cc1ccccc1. The second-order valence-electron chi connectivity index (χ2n) is 6.09. The second-order valence-corrected chi connectivity index (χ2v) is 6.09. The average Bonchev–Trinajstić information content (AvgIpc) is 2.53. The molecule has 2 nitrogen and oxygen atoms in total. The molecule has 0 unspecified atom stereocenters. The van der Waals surface area contributed by atoms with E-state index in [-0.39, 0.29) is 0 Å². The van der Waals surface area contributed by atoms with Crippen LogP contribution in [-0.4, -0.2) is 25.2 Å². The van der Waals surface area contributed by atoms with Gasteiger partial charge < -0.3 is 10.6 Å². The van der Waals surface area contributed by atoms with E-state index in [1.807, 2.05) is 0 Å². The van der Waals surface area contributed by atoms with Crippen LogP contribution >= 0.6 is 0 Å². The van der Waals surface area contributed by atoms with Crippen LogP contribution in [0.5, 0.6) is 0 Å². The normalized spacial score (nSPS) is 13.7. The number of hydrogen-bond acceptors (Lipinski definition) is 2. The van der Waals surface area contributed by atoms with Gasteiger partial charge >= 0.3 is 0 Å². The van der Waals surface area contributed by atoms with E-state index in [9.17, 15) is 0 Å². The Hall–Kier alpha value is -1.64.